The number of nitrogens with one attached hydrogen (secondary N) is 1. The fourth-order valence-electron chi connectivity index (χ4n) is 2.49. The van der Waals surface area contributed by atoms with Crippen LogP contribution in [0.25, 0.3) is 0 Å². The largest absolute Gasteiger partial charge is 0.484 e. The Balaban J connectivity index is 1.62. The number of hydrogen-bond donors (Lipinski definition) is 1. The van der Waals surface area contributed by atoms with Crippen LogP contribution in [0, 0.1) is 0 Å². The van der Waals surface area contributed by atoms with Gasteiger partial charge in [0.25, 0.3) is 11.8 Å². The van der Waals surface area contributed by atoms with E-state index in [1.54, 1.807) is 42.5 Å². The summed E-state index contributed by atoms with van der Waals surface area (Å²) in [5.74, 6) is -0.429. The predicted molar refractivity (Wildman–Crippen MR) is 93.0 cm³/mol. The van der Waals surface area contributed by atoms with Crippen molar-refractivity contribution in [1.29, 1.82) is 0 Å². The third-order valence-corrected chi connectivity index (χ3v) is 3.71. The Morgan fingerprint density at radius 2 is 2.00 bits per heavy atom. The molecular formula is C19H18N2O6. The average Bonchev–Trinajstić information content (AvgIpc) is 3.18. The molecule has 0 bridgehead atoms. The van der Waals surface area contributed by atoms with Gasteiger partial charge in [0.15, 0.2) is 12.6 Å². The van der Waals surface area contributed by atoms with Crippen molar-refractivity contribution in [3.8, 4) is 5.75 Å². The molecule has 2 amide bonds. The van der Waals surface area contributed by atoms with Crippen LogP contribution in [0.2, 0.25) is 0 Å². The van der Waals surface area contributed by atoms with Crippen molar-refractivity contribution >= 4 is 17.8 Å². The number of furan rings is 1. The van der Waals surface area contributed by atoms with Crippen molar-refractivity contribution in [1.82, 2.24) is 10.4 Å². The highest BCUT2D eigenvalue weighted by atomic mass is 16.7. The number of carbonyl (C=O) groups is 3. The van der Waals surface area contributed by atoms with Gasteiger partial charge >= 0.3 is 5.97 Å². The Labute approximate surface area is 155 Å². The van der Waals surface area contributed by atoms with Gasteiger partial charge in [-0.2, -0.15) is 0 Å². The predicted octanol–water partition coefficient (Wildman–Crippen LogP) is 1.59. The molecule has 1 saturated heterocycles. The standard InChI is InChI=1S/C19H18N2O6/c1-13(22)27-21-16(10-9-15-8-5-11-25-15)18(19(21)24)20-17(23)12-26-14-6-3-2-4-7-14/h2-8,10-11,18H,9,12H2,1H3,(H,20,23)/t18-/m0/s1. The zero-order chi connectivity index (χ0) is 19.2. The molecule has 8 heteroatoms. The first-order valence-electron chi connectivity index (χ1n) is 8.26. The van der Waals surface area contributed by atoms with E-state index in [2.05, 4.69) is 5.32 Å². The van der Waals surface area contributed by atoms with E-state index in [0.717, 1.165) is 5.06 Å². The van der Waals surface area contributed by atoms with Crippen molar-refractivity contribution in [2.45, 2.75) is 19.4 Å². The topological polar surface area (TPSA) is 98.1 Å². The Kier molecular flexibility index (Phi) is 5.55. The molecule has 8 nitrogen and oxygen atoms in total. The number of allylic oxidation sites excluding steroid dienone is 1. The van der Waals surface area contributed by atoms with Crippen molar-refractivity contribution in [3.05, 3.63) is 66.3 Å². The number of hydroxylamine groups is 2. The van der Waals surface area contributed by atoms with Crippen LogP contribution in [-0.2, 0) is 25.6 Å². The summed E-state index contributed by atoms with van der Waals surface area (Å²) in [6, 6.07) is 11.5. The van der Waals surface area contributed by atoms with Gasteiger partial charge in [-0.05, 0) is 24.3 Å². The van der Waals surface area contributed by atoms with Gasteiger partial charge in [-0.25, -0.2) is 4.79 Å². The molecule has 140 valence electrons. The molecule has 0 spiro atoms. The first-order valence-corrected chi connectivity index (χ1v) is 8.26. The molecule has 2 heterocycles. The van der Waals surface area contributed by atoms with Crippen LogP contribution in [0.15, 0.2) is 64.9 Å². The molecular weight excluding hydrogens is 352 g/mol. The Hall–Kier alpha value is -3.55. The van der Waals surface area contributed by atoms with Crippen LogP contribution in [0.5, 0.6) is 5.75 Å². The maximum atomic E-state index is 12.2. The third kappa shape index (κ3) is 4.55. The highest BCUT2D eigenvalue weighted by Crippen LogP contribution is 2.25. The molecule has 1 aliphatic heterocycles. The fourth-order valence-corrected chi connectivity index (χ4v) is 2.49. The number of hydrogen-bond acceptors (Lipinski definition) is 6. The molecule has 1 aliphatic rings. The van der Waals surface area contributed by atoms with Gasteiger partial charge in [0.05, 0.1) is 12.0 Å². The lowest BCUT2D eigenvalue weighted by Gasteiger charge is -2.38. The molecule has 2 aromatic rings. The molecule has 0 saturated carbocycles. The Bertz CT molecular complexity index is 844. The molecule has 1 aromatic heterocycles. The van der Waals surface area contributed by atoms with E-state index < -0.39 is 23.8 Å². The molecule has 0 aliphatic carbocycles. The van der Waals surface area contributed by atoms with Crippen LogP contribution >= 0.6 is 0 Å². The van der Waals surface area contributed by atoms with Crippen LogP contribution in [0.1, 0.15) is 12.7 Å². The zero-order valence-electron chi connectivity index (χ0n) is 14.6. The van der Waals surface area contributed by atoms with Gasteiger partial charge in [-0.1, -0.05) is 24.3 Å². The molecule has 0 unspecified atom stereocenters. The minimum absolute atomic E-state index is 0.243. The summed E-state index contributed by atoms with van der Waals surface area (Å²) >= 11 is 0. The molecule has 1 fully saturated rings. The van der Waals surface area contributed by atoms with Gasteiger partial charge in [0, 0.05) is 13.3 Å². The van der Waals surface area contributed by atoms with E-state index in [1.165, 1.54) is 13.2 Å². The lowest BCUT2D eigenvalue weighted by Crippen LogP contribution is -2.62. The Morgan fingerprint density at radius 1 is 1.22 bits per heavy atom. The zero-order valence-corrected chi connectivity index (χ0v) is 14.6. The van der Waals surface area contributed by atoms with Crippen LogP contribution in [-0.4, -0.2) is 35.5 Å². The summed E-state index contributed by atoms with van der Waals surface area (Å²) in [5, 5.41) is 3.44. The van der Waals surface area contributed by atoms with Crippen LogP contribution in [0.4, 0.5) is 0 Å². The summed E-state index contributed by atoms with van der Waals surface area (Å²) in [5.41, 5.74) is 0.361. The molecule has 0 radical (unpaired) electrons. The van der Waals surface area contributed by atoms with Gasteiger partial charge < -0.3 is 19.3 Å². The normalized spacial score (nSPS) is 17.4. The second kappa shape index (κ2) is 8.22. The smallest absolute Gasteiger partial charge is 0.330 e. The van der Waals surface area contributed by atoms with E-state index >= 15 is 0 Å². The third-order valence-electron chi connectivity index (χ3n) is 3.71. The van der Waals surface area contributed by atoms with Crippen molar-refractivity contribution in [2.24, 2.45) is 0 Å². The summed E-state index contributed by atoms with van der Waals surface area (Å²) in [6.07, 6.45) is 3.57. The highest BCUT2D eigenvalue weighted by Gasteiger charge is 2.46. The van der Waals surface area contributed by atoms with Gasteiger partial charge in [0.1, 0.15) is 11.5 Å². The number of rotatable bonds is 7. The maximum Gasteiger partial charge on any atom is 0.330 e. The Morgan fingerprint density at radius 3 is 2.67 bits per heavy atom. The SMILES string of the molecule is CC(=O)ON1C(=O)[C@@H](NC(=O)COc2ccccc2)C1=CCc1ccco1. The minimum atomic E-state index is -0.911. The van der Waals surface area contributed by atoms with E-state index in [-0.39, 0.29) is 6.61 Å². The van der Waals surface area contributed by atoms with Crippen molar-refractivity contribution in [2.75, 3.05) is 6.61 Å². The molecule has 27 heavy (non-hydrogen) atoms. The van der Waals surface area contributed by atoms with Gasteiger partial charge in [0.2, 0.25) is 0 Å². The van der Waals surface area contributed by atoms with Crippen molar-refractivity contribution < 1.29 is 28.4 Å². The summed E-state index contributed by atoms with van der Waals surface area (Å²) in [4.78, 5) is 40.4. The lowest BCUT2D eigenvalue weighted by molar-refractivity contribution is -0.202. The first-order chi connectivity index (χ1) is 13.0. The van der Waals surface area contributed by atoms with Gasteiger partial charge in [-0.3, -0.25) is 9.59 Å². The van der Waals surface area contributed by atoms with E-state index in [9.17, 15) is 14.4 Å². The number of para-hydroxylation sites is 1. The number of ether oxygens (including phenoxy) is 1. The summed E-state index contributed by atoms with van der Waals surface area (Å²) in [6.45, 7) is 0.948. The summed E-state index contributed by atoms with van der Waals surface area (Å²) < 4.78 is 10.6. The molecule has 1 atom stereocenters. The molecule has 1 aromatic carbocycles. The number of amides is 2. The van der Waals surface area contributed by atoms with E-state index in [1.807, 2.05) is 6.07 Å². The van der Waals surface area contributed by atoms with Crippen molar-refractivity contribution in [3.63, 3.8) is 0 Å². The quantitative estimate of drug-likeness (QED) is 0.744. The molecule has 1 N–H and O–H groups in total. The average molecular weight is 370 g/mol. The first kappa shape index (κ1) is 18.2. The fraction of sp³-hybridized carbons (Fsp3) is 0.211. The minimum Gasteiger partial charge on any atom is -0.484 e. The summed E-state index contributed by atoms with van der Waals surface area (Å²) in [7, 11) is 0. The second-order valence-corrected chi connectivity index (χ2v) is 5.73. The van der Waals surface area contributed by atoms with E-state index in [4.69, 9.17) is 14.0 Å². The number of benzene rings is 1. The molecule has 3 rings (SSSR count). The number of nitrogens with zero attached hydrogens (tertiary/aromatic N) is 1. The number of carbonyl (C=O) groups excluding carboxylic acids is 3. The van der Waals surface area contributed by atoms with Crippen LogP contribution in [0.3, 0.4) is 0 Å². The second-order valence-electron chi connectivity index (χ2n) is 5.73. The van der Waals surface area contributed by atoms with Gasteiger partial charge in [-0.15, -0.1) is 5.06 Å². The monoisotopic (exact) mass is 370 g/mol. The van der Waals surface area contributed by atoms with E-state index in [0.29, 0.717) is 23.6 Å². The highest BCUT2D eigenvalue weighted by molar-refractivity contribution is 5.97. The number of β-lactam (4-membered cyclic amide) rings is 1. The lowest BCUT2D eigenvalue weighted by atomic mass is 10.0. The maximum absolute atomic E-state index is 12.2. The van der Waals surface area contributed by atoms with Crippen LogP contribution < -0.4 is 10.1 Å².